The Bertz CT molecular complexity index is 737. The number of aliphatic hydroxyl groups is 1. The minimum Gasteiger partial charge on any atom is -0.394 e. The molecule has 0 saturated heterocycles. The number of carbonyl (C=O) groups is 1. The van der Waals surface area contributed by atoms with Crippen molar-refractivity contribution in [2.24, 2.45) is 12.5 Å². The molecule has 1 aromatic heterocycles. The van der Waals surface area contributed by atoms with Gasteiger partial charge in [0, 0.05) is 12.6 Å². The van der Waals surface area contributed by atoms with Gasteiger partial charge in [0.05, 0.1) is 23.7 Å². The summed E-state index contributed by atoms with van der Waals surface area (Å²) in [6.45, 7) is 6.07. The lowest BCUT2D eigenvalue weighted by Crippen LogP contribution is -2.40. The number of benzene rings is 1. The molecule has 120 valence electrons. The fourth-order valence-corrected chi connectivity index (χ4v) is 2.55. The predicted molar refractivity (Wildman–Crippen MR) is 86.0 cm³/mol. The van der Waals surface area contributed by atoms with Gasteiger partial charge in [-0.15, -0.1) is 0 Å². The summed E-state index contributed by atoms with van der Waals surface area (Å²) in [5, 5.41) is 12.3. The van der Waals surface area contributed by atoms with Crippen LogP contribution in [0.15, 0.2) is 23.0 Å². The van der Waals surface area contributed by atoms with Crippen LogP contribution in [0, 0.1) is 5.41 Å². The van der Waals surface area contributed by atoms with Crippen LogP contribution in [-0.2, 0) is 7.05 Å². The third-order valence-corrected chi connectivity index (χ3v) is 3.58. The molecule has 6 heteroatoms. The number of aromatic amines is 1. The zero-order valence-corrected chi connectivity index (χ0v) is 13.4. The topological polar surface area (TPSA) is 87.1 Å². The maximum Gasteiger partial charge on any atom is 0.326 e. The molecule has 0 bridgehead atoms. The number of aryl methyl sites for hydroxylation is 1. The molecule has 1 unspecified atom stereocenters. The number of imidazole rings is 1. The van der Waals surface area contributed by atoms with Crippen LogP contribution in [0.5, 0.6) is 0 Å². The zero-order valence-electron chi connectivity index (χ0n) is 13.4. The van der Waals surface area contributed by atoms with Gasteiger partial charge in [-0.3, -0.25) is 9.36 Å². The van der Waals surface area contributed by atoms with Gasteiger partial charge in [0.1, 0.15) is 0 Å². The molecule has 1 atom stereocenters. The number of nitrogens with zero attached hydrogens (tertiary/aromatic N) is 1. The Hall–Kier alpha value is -2.08. The molecule has 0 spiro atoms. The summed E-state index contributed by atoms with van der Waals surface area (Å²) in [6, 6.07) is 4.77. The third-order valence-electron chi connectivity index (χ3n) is 3.58. The second kappa shape index (κ2) is 5.96. The van der Waals surface area contributed by atoms with Crippen LogP contribution < -0.4 is 11.0 Å². The first-order valence-corrected chi connectivity index (χ1v) is 7.32. The van der Waals surface area contributed by atoms with Crippen molar-refractivity contribution in [3.8, 4) is 0 Å². The molecule has 0 radical (unpaired) electrons. The largest absolute Gasteiger partial charge is 0.394 e. The first-order valence-electron chi connectivity index (χ1n) is 7.32. The number of amides is 1. The van der Waals surface area contributed by atoms with Crippen molar-refractivity contribution in [3.05, 3.63) is 34.2 Å². The number of hydrogen-bond donors (Lipinski definition) is 3. The summed E-state index contributed by atoms with van der Waals surface area (Å²) in [6.07, 6.45) is 0.680. The lowest BCUT2D eigenvalue weighted by atomic mass is 9.88. The van der Waals surface area contributed by atoms with Gasteiger partial charge in [-0.1, -0.05) is 20.8 Å². The van der Waals surface area contributed by atoms with E-state index in [0.717, 1.165) is 5.52 Å². The number of carbonyl (C=O) groups excluding carboxylic acids is 1. The lowest BCUT2D eigenvalue weighted by Gasteiger charge is -2.25. The van der Waals surface area contributed by atoms with E-state index in [0.29, 0.717) is 17.5 Å². The van der Waals surface area contributed by atoms with Crippen LogP contribution >= 0.6 is 0 Å². The van der Waals surface area contributed by atoms with Gasteiger partial charge in [0.15, 0.2) is 0 Å². The van der Waals surface area contributed by atoms with Crippen molar-refractivity contribution in [2.45, 2.75) is 33.2 Å². The highest BCUT2D eigenvalue weighted by Gasteiger charge is 2.20. The first-order chi connectivity index (χ1) is 10.2. The number of fused-ring (bicyclic) bond motifs is 1. The summed E-state index contributed by atoms with van der Waals surface area (Å²) in [4.78, 5) is 26.6. The van der Waals surface area contributed by atoms with Gasteiger partial charge in [-0.25, -0.2) is 4.79 Å². The maximum atomic E-state index is 12.3. The number of H-pyrrole nitrogens is 1. The van der Waals surface area contributed by atoms with Gasteiger partial charge in [-0.2, -0.15) is 0 Å². The number of rotatable bonds is 4. The molecule has 0 saturated carbocycles. The smallest absolute Gasteiger partial charge is 0.326 e. The summed E-state index contributed by atoms with van der Waals surface area (Å²) in [7, 11) is 1.67. The Balaban J connectivity index is 2.20. The van der Waals surface area contributed by atoms with E-state index < -0.39 is 0 Å². The Morgan fingerprint density at radius 3 is 2.68 bits per heavy atom. The van der Waals surface area contributed by atoms with E-state index in [9.17, 15) is 14.7 Å². The highest BCUT2D eigenvalue weighted by Crippen LogP contribution is 2.21. The van der Waals surface area contributed by atoms with E-state index in [1.54, 1.807) is 25.2 Å². The van der Waals surface area contributed by atoms with Gasteiger partial charge in [-0.05, 0) is 30.0 Å². The van der Waals surface area contributed by atoms with E-state index in [1.165, 1.54) is 4.57 Å². The summed E-state index contributed by atoms with van der Waals surface area (Å²) >= 11 is 0. The van der Waals surface area contributed by atoms with Crippen molar-refractivity contribution in [1.29, 1.82) is 0 Å². The molecule has 1 heterocycles. The van der Waals surface area contributed by atoms with E-state index in [1.807, 2.05) is 0 Å². The second-order valence-electron chi connectivity index (χ2n) is 6.84. The summed E-state index contributed by atoms with van der Waals surface area (Å²) in [5.41, 5.74) is 1.62. The highest BCUT2D eigenvalue weighted by molar-refractivity contribution is 5.97. The molecule has 22 heavy (non-hydrogen) atoms. The molecule has 1 amide bonds. The fraction of sp³-hybridized carbons (Fsp3) is 0.500. The average Bonchev–Trinajstić information content (AvgIpc) is 2.71. The van der Waals surface area contributed by atoms with E-state index in [-0.39, 0.29) is 29.7 Å². The van der Waals surface area contributed by atoms with Crippen LogP contribution in [0.4, 0.5) is 0 Å². The average molecular weight is 305 g/mol. The van der Waals surface area contributed by atoms with Crippen LogP contribution in [-0.4, -0.2) is 33.2 Å². The SMILES string of the molecule is Cn1c(=O)[nH]c2cc(C(=O)NC(CO)CC(C)(C)C)ccc21. The van der Waals surface area contributed by atoms with Crippen molar-refractivity contribution >= 4 is 16.9 Å². The Morgan fingerprint density at radius 2 is 2.09 bits per heavy atom. The molecule has 1 aromatic carbocycles. The second-order valence-corrected chi connectivity index (χ2v) is 6.84. The Morgan fingerprint density at radius 1 is 1.41 bits per heavy atom. The number of aromatic nitrogens is 2. The Kier molecular flexibility index (Phi) is 4.42. The minimum absolute atomic E-state index is 0.00922. The summed E-state index contributed by atoms with van der Waals surface area (Å²) < 4.78 is 1.49. The predicted octanol–water partition coefficient (Wildman–Crippen LogP) is 1.39. The van der Waals surface area contributed by atoms with Crippen molar-refractivity contribution in [1.82, 2.24) is 14.9 Å². The molecule has 2 rings (SSSR count). The molecule has 0 aliphatic heterocycles. The summed E-state index contributed by atoms with van der Waals surface area (Å²) in [5.74, 6) is -0.255. The van der Waals surface area contributed by atoms with Gasteiger partial charge in [0.2, 0.25) is 0 Å². The monoisotopic (exact) mass is 305 g/mol. The molecule has 3 N–H and O–H groups in total. The molecule has 0 aliphatic rings. The molecule has 0 aliphatic carbocycles. The third kappa shape index (κ3) is 3.57. The lowest BCUT2D eigenvalue weighted by molar-refractivity contribution is 0.0898. The van der Waals surface area contributed by atoms with E-state index in [2.05, 4.69) is 31.1 Å². The van der Waals surface area contributed by atoms with Crippen molar-refractivity contribution in [3.63, 3.8) is 0 Å². The number of hydrogen-bond acceptors (Lipinski definition) is 3. The molecule has 6 nitrogen and oxygen atoms in total. The van der Waals surface area contributed by atoms with Crippen molar-refractivity contribution in [2.75, 3.05) is 6.61 Å². The van der Waals surface area contributed by atoms with Crippen LogP contribution in [0.2, 0.25) is 0 Å². The van der Waals surface area contributed by atoms with Gasteiger partial charge >= 0.3 is 5.69 Å². The normalized spacial score (nSPS) is 13.3. The molecular weight excluding hydrogens is 282 g/mol. The minimum atomic E-state index is -0.294. The maximum absolute atomic E-state index is 12.3. The quantitative estimate of drug-likeness (QED) is 0.798. The zero-order chi connectivity index (χ0) is 16.5. The van der Waals surface area contributed by atoms with Gasteiger partial charge < -0.3 is 15.4 Å². The number of nitrogens with one attached hydrogen (secondary N) is 2. The van der Waals surface area contributed by atoms with Crippen LogP contribution in [0.3, 0.4) is 0 Å². The van der Waals surface area contributed by atoms with E-state index >= 15 is 0 Å². The van der Waals surface area contributed by atoms with E-state index in [4.69, 9.17) is 0 Å². The first kappa shape index (κ1) is 16.3. The molecule has 0 fully saturated rings. The fourth-order valence-electron chi connectivity index (χ4n) is 2.55. The standard InChI is InChI=1S/C16H23N3O3/c1-16(2,3)8-11(9-20)17-14(21)10-5-6-13-12(7-10)18-15(22)19(13)4/h5-7,11,20H,8-9H2,1-4H3,(H,17,21)(H,18,22). The highest BCUT2D eigenvalue weighted by atomic mass is 16.3. The van der Waals surface area contributed by atoms with Crippen molar-refractivity contribution < 1.29 is 9.90 Å². The Labute approximate surface area is 129 Å². The van der Waals surface area contributed by atoms with Gasteiger partial charge in [0.25, 0.3) is 5.91 Å². The van der Waals surface area contributed by atoms with Crippen LogP contribution in [0.1, 0.15) is 37.6 Å². The molecular formula is C16H23N3O3. The molecule has 2 aromatic rings. The number of aliphatic hydroxyl groups excluding tert-OH is 1. The van der Waals surface area contributed by atoms with Crippen LogP contribution in [0.25, 0.3) is 11.0 Å².